The Kier molecular flexibility index (Phi) is 4.29. The van der Waals surface area contributed by atoms with Gasteiger partial charge in [0.05, 0.1) is 4.90 Å². The first kappa shape index (κ1) is 15.6. The van der Waals surface area contributed by atoms with E-state index in [0.29, 0.717) is 37.9 Å². The van der Waals surface area contributed by atoms with Gasteiger partial charge in [-0.25, -0.2) is 17.2 Å². The summed E-state index contributed by atoms with van der Waals surface area (Å²) in [6, 6.07) is 4.45. The van der Waals surface area contributed by atoms with Crippen molar-refractivity contribution in [2.45, 2.75) is 23.7 Å². The van der Waals surface area contributed by atoms with Crippen molar-refractivity contribution in [3.05, 3.63) is 52.2 Å². The Morgan fingerprint density at radius 1 is 1.09 bits per heavy atom. The van der Waals surface area contributed by atoms with Crippen LogP contribution in [0.5, 0.6) is 0 Å². The number of halogens is 2. The van der Waals surface area contributed by atoms with E-state index in [-0.39, 0.29) is 4.90 Å². The Morgan fingerprint density at radius 2 is 1.73 bits per heavy atom. The smallest absolute Gasteiger partial charge is 0.207 e. The summed E-state index contributed by atoms with van der Waals surface area (Å²) in [7, 11) is -3.84. The molecule has 0 amide bonds. The molecule has 1 aromatic carbocycles. The lowest BCUT2D eigenvalue weighted by Crippen LogP contribution is -2.37. The molecule has 0 bridgehead atoms. The van der Waals surface area contributed by atoms with Crippen LogP contribution in [-0.2, 0) is 10.0 Å². The molecule has 7 heteroatoms. The summed E-state index contributed by atoms with van der Waals surface area (Å²) >= 11 is 1.62. The zero-order chi connectivity index (χ0) is 15.7. The van der Waals surface area contributed by atoms with E-state index >= 15 is 0 Å². The van der Waals surface area contributed by atoms with Crippen molar-refractivity contribution in [2.24, 2.45) is 0 Å². The highest BCUT2D eigenvalue weighted by Gasteiger charge is 2.30. The molecule has 1 fully saturated rings. The average Bonchev–Trinajstić information content (AvgIpc) is 3.00. The maximum absolute atomic E-state index is 13.3. The van der Waals surface area contributed by atoms with Crippen molar-refractivity contribution in [1.29, 1.82) is 0 Å². The van der Waals surface area contributed by atoms with Crippen LogP contribution in [0.2, 0.25) is 0 Å². The fourth-order valence-electron chi connectivity index (χ4n) is 2.76. The normalized spacial score (nSPS) is 17.7. The Labute approximate surface area is 132 Å². The molecule has 0 N–H and O–H groups in total. The molecule has 2 aromatic rings. The third-order valence-electron chi connectivity index (χ3n) is 3.94. The lowest BCUT2D eigenvalue weighted by Gasteiger charge is -2.31. The van der Waals surface area contributed by atoms with Gasteiger partial charge < -0.3 is 0 Å². The number of hydrogen-bond donors (Lipinski definition) is 0. The molecule has 0 saturated carbocycles. The van der Waals surface area contributed by atoms with Gasteiger partial charge in [0.1, 0.15) is 11.6 Å². The van der Waals surface area contributed by atoms with E-state index in [1.165, 1.54) is 9.87 Å². The maximum Gasteiger partial charge on any atom is 0.243 e. The second-order valence-corrected chi connectivity index (χ2v) is 8.06. The zero-order valence-corrected chi connectivity index (χ0v) is 13.3. The van der Waals surface area contributed by atoms with Crippen molar-refractivity contribution in [1.82, 2.24) is 4.31 Å². The molecule has 22 heavy (non-hydrogen) atoms. The molecule has 0 radical (unpaired) electrons. The Morgan fingerprint density at radius 3 is 2.27 bits per heavy atom. The van der Waals surface area contributed by atoms with Crippen molar-refractivity contribution >= 4 is 21.4 Å². The Hall–Kier alpha value is -1.31. The van der Waals surface area contributed by atoms with Crippen molar-refractivity contribution < 1.29 is 17.2 Å². The lowest BCUT2D eigenvalue weighted by molar-refractivity contribution is 0.319. The second kappa shape index (κ2) is 6.06. The van der Waals surface area contributed by atoms with Crippen LogP contribution in [0.25, 0.3) is 0 Å². The van der Waals surface area contributed by atoms with Crippen LogP contribution in [0.3, 0.4) is 0 Å². The number of hydrogen-bond acceptors (Lipinski definition) is 3. The second-order valence-electron chi connectivity index (χ2n) is 5.34. The molecule has 3 nitrogen and oxygen atoms in total. The molecule has 1 aliphatic heterocycles. The van der Waals surface area contributed by atoms with E-state index < -0.39 is 21.7 Å². The van der Waals surface area contributed by atoms with Gasteiger partial charge in [0.15, 0.2) is 0 Å². The predicted molar refractivity (Wildman–Crippen MR) is 81.4 cm³/mol. The third kappa shape index (κ3) is 3.06. The summed E-state index contributed by atoms with van der Waals surface area (Å²) in [5.74, 6) is -1.42. The minimum atomic E-state index is -3.84. The minimum absolute atomic E-state index is 0.320. The number of benzene rings is 1. The van der Waals surface area contributed by atoms with E-state index in [2.05, 4.69) is 11.4 Å². The van der Waals surface area contributed by atoms with Crippen LogP contribution < -0.4 is 0 Å². The maximum atomic E-state index is 13.3. The van der Waals surface area contributed by atoms with Crippen LogP contribution >= 0.6 is 11.3 Å². The molecule has 1 saturated heterocycles. The van der Waals surface area contributed by atoms with E-state index in [9.17, 15) is 17.2 Å². The Balaban J connectivity index is 1.77. The number of nitrogens with zero attached hydrogens (tertiary/aromatic N) is 1. The number of thiophene rings is 1. The topological polar surface area (TPSA) is 37.4 Å². The van der Waals surface area contributed by atoms with Gasteiger partial charge in [-0.2, -0.15) is 15.6 Å². The Bertz CT molecular complexity index is 732. The van der Waals surface area contributed by atoms with Gasteiger partial charge in [0, 0.05) is 19.2 Å². The summed E-state index contributed by atoms with van der Waals surface area (Å²) in [6.45, 7) is 0.724. The SMILES string of the molecule is O=S(=O)(c1cc(F)cc(F)c1)N1CCC(c2ccsc2)CC1. The van der Waals surface area contributed by atoms with Crippen molar-refractivity contribution in [3.63, 3.8) is 0 Å². The van der Waals surface area contributed by atoms with Gasteiger partial charge in [-0.1, -0.05) is 0 Å². The number of sulfonamides is 1. The van der Waals surface area contributed by atoms with Gasteiger partial charge in [-0.15, -0.1) is 0 Å². The summed E-state index contributed by atoms with van der Waals surface area (Å²) in [5, 5.41) is 4.09. The van der Waals surface area contributed by atoms with Crippen LogP contribution in [-0.4, -0.2) is 25.8 Å². The molecule has 118 valence electrons. The summed E-state index contributed by atoms with van der Waals surface area (Å²) in [6.07, 6.45) is 1.43. The van der Waals surface area contributed by atoms with Crippen LogP contribution in [0.1, 0.15) is 24.3 Å². The number of rotatable bonds is 3. The molecular formula is C15H15F2NO2S2. The van der Waals surface area contributed by atoms with Gasteiger partial charge >= 0.3 is 0 Å². The van der Waals surface area contributed by atoms with E-state index in [1.807, 2.05) is 5.38 Å². The van der Waals surface area contributed by atoms with Crippen LogP contribution in [0.15, 0.2) is 39.9 Å². The molecule has 0 atom stereocenters. The molecule has 1 aliphatic rings. The predicted octanol–water partition coefficient (Wildman–Crippen LogP) is 3.59. The minimum Gasteiger partial charge on any atom is -0.207 e. The molecular weight excluding hydrogens is 328 g/mol. The average molecular weight is 343 g/mol. The lowest BCUT2D eigenvalue weighted by atomic mass is 9.92. The van der Waals surface area contributed by atoms with Crippen LogP contribution in [0, 0.1) is 11.6 Å². The first-order valence-electron chi connectivity index (χ1n) is 6.95. The summed E-state index contributed by atoms with van der Waals surface area (Å²) in [4.78, 5) is -0.320. The molecule has 0 unspecified atom stereocenters. The van der Waals surface area contributed by atoms with Gasteiger partial charge in [-0.05, 0) is 53.3 Å². The monoisotopic (exact) mass is 343 g/mol. The molecule has 0 aliphatic carbocycles. The number of piperidine rings is 1. The van der Waals surface area contributed by atoms with E-state index in [4.69, 9.17) is 0 Å². The molecule has 3 rings (SSSR count). The molecule has 1 aromatic heterocycles. The highest BCUT2D eigenvalue weighted by Crippen LogP contribution is 2.31. The van der Waals surface area contributed by atoms with Crippen molar-refractivity contribution in [2.75, 3.05) is 13.1 Å². The first-order chi connectivity index (χ1) is 10.5. The quantitative estimate of drug-likeness (QED) is 0.854. The van der Waals surface area contributed by atoms with E-state index in [0.717, 1.165) is 12.1 Å². The van der Waals surface area contributed by atoms with Gasteiger partial charge in [0.2, 0.25) is 10.0 Å². The highest BCUT2D eigenvalue weighted by atomic mass is 32.2. The molecule has 2 heterocycles. The standard InChI is InChI=1S/C15H15F2NO2S2/c16-13-7-14(17)9-15(8-13)22(19,20)18-4-1-11(2-5-18)12-3-6-21-10-12/h3,6-11H,1-2,4-5H2. The zero-order valence-electron chi connectivity index (χ0n) is 11.7. The summed E-state index contributed by atoms with van der Waals surface area (Å²) < 4.78 is 52.8. The van der Waals surface area contributed by atoms with Gasteiger partial charge in [0.25, 0.3) is 0 Å². The largest absolute Gasteiger partial charge is 0.243 e. The fourth-order valence-corrected chi connectivity index (χ4v) is 5.02. The van der Waals surface area contributed by atoms with Gasteiger partial charge in [-0.3, -0.25) is 0 Å². The van der Waals surface area contributed by atoms with E-state index in [1.54, 1.807) is 11.3 Å². The molecule has 0 spiro atoms. The van der Waals surface area contributed by atoms with Crippen molar-refractivity contribution in [3.8, 4) is 0 Å². The summed E-state index contributed by atoms with van der Waals surface area (Å²) in [5.41, 5.74) is 1.24. The highest BCUT2D eigenvalue weighted by molar-refractivity contribution is 7.89. The van der Waals surface area contributed by atoms with Crippen LogP contribution in [0.4, 0.5) is 8.78 Å². The third-order valence-corrected chi connectivity index (χ3v) is 6.52. The first-order valence-corrected chi connectivity index (χ1v) is 9.33. The fraction of sp³-hybridized carbons (Fsp3) is 0.333.